The van der Waals surface area contributed by atoms with Crippen molar-refractivity contribution < 1.29 is 19.0 Å². The normalized spacial score (nSPS) is 14.0. The average molecular weight is 336 g/mol. The van der Waals surface area contributed by atoms with Gasteiger partial charge in [-0.3, -0.25) is 4.79 Å². The van der Waals surface area contributed by atoms with E-state index in [1.807, 2.05) is 44.2 Å². The number of para-hydroxylation sites is 1. The number of benzene rings is 2. The van der Waals surface area contributed by atoms with Crippen molar-refractivity contribution in [2.45, 2.75) is 13.8 Å². The van der Waals surface area contributed by atoms with Gasteiger partial charge in [-0.2, -0.15) is 0 Å². The van der Waals surface area contributed by atoms with Crippen molar-refractivity contribution in [2.24, 2.45) is 0 Å². The Morgan fingerprint density at radius 3 is 2.72 bits per heavy atom. The van der Waals surface area contributed by atoms with Crippen molar-refractivity contribution in [3.05, 3.63) is 71.0 Å². The van der Waals surface area contributed by atoms with Gasteiger partial charge in [0.25, 0.3) is 0 Å². The minimum atomic E-state index is -0.142. The van der Waals surface area contributed by atoms with Crippen LogP contribution in [0.4, 0.5) is 0 Å². The number of carbonyl (C=O) groups excluding carboxylic acids is 1. The summed E-state index contributed by atoms with van der Waals surface area (Å²) in [6.07, 6.45) is 3.69. The number of hydrogen-bond donors (Lipinski definition) is 0. The number of rotatable bonds is 5. The highest BCUT2D eigenvalue weighted by Gasteiger charge is 2.28. The van der Waals surface area contributed by atoms with Gasteiger partial charge < -0.3 is 14.2 Å². The first-order valence-electron chi connectivity index (χ1n) is 8.06. The van der Waals surface area contributed by atoms with Crippen molar-refractivity contribution in [1.82, 2.24) is 0 Å². The van der Waals surface area contributed by atoms with Gasteiger partial charge in [-0.15, -0.1) is 0 Å². The third kappa shape index (κ3) is 3.74. The van der Waals surface area contributed by atoms with Crippen molar-refractivity contribution in [3.63, 3.8) is 0 Å². The van der Waals surface area contributed by atoms with Crippen LogP contribution in [-0.4, -0.2) is 19.5 Å². The molecule has 1 aliphatic rings. The Bertz CT molecular complexity index is 858. The van der Waals surface area contributed by atoms with Crippen LogP contribution in [0.1, 0.15) is 29.8 Å². The molecule has 0 fully saturated rings. The number of ether oxygens (including phenoxy) is 3. The minimum absolute atomic E-state index is 0.142. The molecular formula is C21H20O4. The van der Waals surface area contributed by atoms with Gasteiger partial charge in [0.15, 0.2) is 5.76 Å². The molecule has 0 radical (unpaired) electrons. The predicted molar refractivity (Wildman–Crippen MR) is 97.3 cm³/mol. The van der Waals surface area contributed by atoms with Crippen LogP contribution >= 0.6 is 0 Å². The number of methoxy groups -OCH3 is 1. The van der Waals surface area contributed by atoms with Crippen LogP contribution in [0, 0.1) is 0 Å². The van der Waals surface area contributed by atoms with E-state index in [-0.39, 0.29) is 11.5 Å². The monoisotopic (exact) mass is 336 g/mol. The van der Waals surface area contributed by atoms with Gasteiger partial charge >= 0.3 is 0 Å². The zero-order valence-electron chi connectivity index (χ0n) is 14.5. The van der Waals surface area contributed by atoms with Crippen LogP contribution in [-0.2, 0) is 0 Å². The molecule has 0 N–H and O–H groups in total. The third-order valence-electron chi connectivity index (χ3n) is 3.81. The standard InChI is InChI=1S/C21H20O4/c1-14(2)10-11-24-16-8-9-17-19(13-16)25-20(21(17)22)12-15-6-4-5-7-18(15)23-3/h4-10,12-13H,11H2,1-3H3. The summed E-state index contributed by atoms with van der Waals surface area (Å²) in [5, 5.41) is 0. The fourth-order valence-electron chi connectivity index (χ4n) is 2.49. The second-order valence-electron chi connectivity index (χ2n) is 5.93. The molecule has 1 aliphatic heterocycles. The number of ketones is 1. The lowest BCUT2D eigenvalue weighted by molar-refractivity contribution is 0.101. The minimum Gasteiger partial charge on any atom is -0.496 e. The van der Waals surface area contributed by atoms with Gasteiger partial charge in [0.05, 0.1) is 12.7 Å². The number of allylic oxidation sites excluding steroid dienone is 2. The van der Waals surface area contributed by atoms with Gasteiger partial charge in [0.1, 0.15) is 23.9 Å². The number of fused-ring (bicyclic) bond motifs is 1. The number of carbonyl (C=O) groups is 1. The Morgan fingerprint density at radius 1 is 1.16 bits per heavy atom. The quantitative estimate of drug-likeness (QED) is 0.588. The largest absolute Gasteiger partial charge is 0.496 e. The van der Waals surface area contributed by atoms with Crippen molar-refractivity contribution >= 4 is 11.9 Å². The zero-order chi connectivity index (χ0) is 17.8. The van der Waals surface area contributed by atoms with E-state index in [9.17, 15) is 4.79 Å². The summed E-state index contributed by atoms with van der Waals surface area (Å²) in [6, 6.07) is 12.7. The number of Topliss-reactive ketones (excluding diaryl/α,β-unsaturated/α-hetero) is 1. The van der Waals surface area contributed by atoms with Crippen molar-refractivity contribution in [3.8, 4) is 17.2 Å². The first kappa shape index (κ1) is 16.8. The van der Waals surface area contributed by atoms with Gasteiger partial charge in [0, 0.05) is 11.6 Å². The average Bonchev–Trinajstić information content (AvgIpc) is 2.90. The highest BCUT2D eigenvalue weighted by atomic mass is 16.5. The molecule has 0 amide bonds. The van der Waals surface area contributed by atoms with Crippen LogP contribution in [0.2, 0.25) is 0 Å². The maximum Gasteiger partial charge on any atom is 0.231 e. The van der Waals surface area contributed by atoms with E-state index in [2.05, 4.69) is 0 Å². The highest BCUT2D eigenvalue weighted by Crippen LogP contribution is 2.35. The van der Waals surface area contributed by atoms with Crippen LogP contribution in [0.5, 0.6) is 17.2 Å². The predicted octanol–water partition coefficient (Wildman–Crippen LogP) is 4.66. The van der Waals surface area contributed by atoms with E-state index >= 15 is 0 Å². The molecule has 4 nitrogen and oxygen atoms in total. The Morgan fingerprint density at radius 2 is 1.96 bits per heavy atom. The molecule has 128 valence electrons. The molecule has 0 aliphatic carbocycles. The van der Waals surface area contributed by atoms with Gasteiger partial charge in [-0.1, -0.05) is 23.8 Å². The zero-order valence-corrected chi connectivity index (χ0v) is 14.5. The molecule has 2 aromatic carbocycles. The van der Waals surface area contributed by atoms with Crippen molar-refractivity contribution in [2.75, 3.05) is 13.7 Å². The second-order valence-corrected chi connectivity index (χ2v) is 5.93. The molecule has 0 saturated heterocycles. The fraction of sp³-hybridized carbons (Fsp3) is 0.190. The molecule has 2 aromatic rings. The molecule has 0 aromatic heterocycles. The molecule has 3 rings (SSSR count). The Labute approximate surface area is 147 Å². The van der Waals surface area contributed by atoms with Crippen LogP contribution in [0.15, 0.2) is 59.9 Å². The Kier molecular flexibility index (Phi) is 4.89. The lowest BCUT2D eigenvalue weighted by Crippen LogP contribution is -1.98. The first-order chi connectivity index (χ1) is 12.1. The molecule has 0 bridgehead atoms. The Hall–Kier alpha value is -3.01. The van der Waals surface area contributed by atoms with Crippen LogP contribution in [0.3, 0.4) is 0 Å². The van der Waals surface area contributed by atoms with E-state index < -0.39 is 0 Å². The molecule has 0 unspecified atom stereocenters. The fourth-order valence-corrected chi connectivity index (χ4v) is 2.49. The van der Waals surface area contributed by atoms with Gasteiger partial charge in [-0.25, -0.2) is 0 Å². The van der Waals surface area contributed by atoms with Crippen LogP contribution < -0.4 is 14.2 Å². The molecular weight excluding hydrogens is 316 g/mol. The van der Waals surface area contributed by atoms with E-state index in [0.29, 0.717) is 29.4 Å². The molecule has 0 atom stereocenters. The number of hydrogen-bond acceptors (Lipinski definition) is 4. The SMILES string of the molecule is COc1ccccc1C=C1Oc2cc(OCC=C(C)C)ccc2C1=O. The molecule has 0 spiro atoms. The summed E-state index contributed by atoms with van der Waals surface area (Å²) >= 11 is 0. The highest BCUT2D eigenvalue weighted by molar-refractivity contribution is 6.14. The summed E-state index contributed by atoms with van der Waals surface area (Å²) in [5.74, 6) is 2.01. The maximum absolute atomic E-state index is 12.5. The summed E-state index contributed by atoms with van der Waals surface area (Å²) in [4.78, 5) is 12.5. The molecule has 25 heavy (non-hydrogen) atoms. The van der Waals surface area contributed by atoms with E-state index in [0.717, 1.165) is 5.56 Å². The summed E-state index contributed by atoms with van der Waals surface area (Å²) in [6.45, 7) is 4.52. The lowest BCUT2D eigenvalue weighted by Gasteiger charge is -2.05. The van der Waals surface area contributed by atoms with Crippen LogP contribution in [0.25, 0.3) is 6.08 Å². The third-order valence-corrected chi connectivity index (χ3v) is 3.81. The molecule has 1 heterocycles. The van der Waals surface area contributed by atoms with Gasteiger partial charge in [0.2, 0.25) is 5.78 Å². The molecule has 0 saturated carbocycles. The van der Waals surface area contributed by atoms with E-state index in [1.165, 1.54) is 5.57 Å². The van der Waals surface area contributed by atoms with E-state index in [1.54, 1.807) is 31.4 Å². The van der Waals surface area contributed by atoms with Crippen molar-refractivity contribution in [1.29, 1.82) is 0 Å². The summed E-state index contributed by atoms with van der Waals surface area (Å²) in [5.41, 5.74) is 2.52. The van der Waals surface area contributed by atoms with Gasteiger partial charge in [-0.05, 0) is 44.2 Å². The smallest absolute Gasteiger partial charge is 0.231 e. The topological polar surface area (TPSA) is 44.8 Å². The van der Waals surface area contributed by atoms with E-state index in [4.69, 9.17) is 14.2 Å². The summed E-state index contributed by atoms with van der Waals surface area (Å²) in [7, 11) is 1.60. The molecule has 4 heteroatoms. The summed E-state index contributed by atoms with van der Waals surface area (Å²) < 4.78 is 16.7. The second kappa shape index (κ2) is 7.26. The maximum atomic E-state index is 12.5. The lowest BCUT2D eigenvalue weighted by atomic mass is 10.1. The first-order valence-corrected chi connectivity index (χ1v) is 8.06. The Balaban J connectivity index is 1.83.